The second-order valence-electron chi connectivity index (χ2n) is 10.3. The number of non-ortho nitro benzene ring substituents is 1. The van der Waals surface area contributed by atoms with Crippen LogP contribution < -0.4 is 0 Å². The fraction of sp³-hybridized carbons (Fsp3) is 0.552. The van der Waals surface area contributed by atoms with E-state index in [4.69, 9.17) is 0 Å². The van der Waals surface area contributed by atoms with Crippen molar-refractivity contribution >= 4 is 11.6 Å². The minimum Gasteiger partial charge on any atom is -0.331 e. The number of hydrogen-bond acceptors (Lipinski definition) is 4. The molecule has 1 aliphatic rings. The van der Waals surface area contributed by atoms with Gasteiger partial charge in [-0.25, -0.2) is 0 Å². The van der Waals surface area contributed by atoms with Crippen molar-refractivity contribution in [3.63, 3.8) is 0 Å². The van der Waals surface area contributed by atoms with Crippen LogP contribution in [0, 0.1) is 16.0 Å². The number of piperidine rings is 1. The van der Waals surface area contributed by atoms with Crippen LogP contribution in [0.25, 0.3) is 0 Å². The molecule has 190 valence electrons. The molecular formula is C29H41N3O3. The van der Waals surface area contributed by atoms with E-state index < -0.39 is 0 Å². The van der Waals surface area contributed by atoms with Crippen LogP contribution in [0.5, 0.6) is 0 Å². The van der Waals surface area contributed by atoms with Gasteiger partial charge >= 0.3 is 0 Å². The van der Waals surface area contributed by atoms with Gasteiger partial charge < -0.3 is 9.80 Å². The van der Waals surface area contributed by atoms with Crippen LogP contribution in [0.15, 0.2) is 48.5 Å². The number of unbranched alkanes of at least 4 members (excludes halogenated alkanes) is 2. The number of rotatable bonds is 12. The summed E-state index contributed by atoms with van der Waals surface area (Å²) in [4.78, 5) is 28.9. The maximum absolute atomic E-state index is 13.7. The zero-order valence-electron chi connectivity index (χ0n) is 21.6. The number of nitrogens with zero attached hydrogens (tertiary/aromatic N) is 3. The van der Waals surface area contributed by atoms with E-state index in [0.29, 0.717) is 18.0 Å². The third kappa shape index (κ3) is 8.17. The lowest BCUT2D eigenvalue weighted by Gasteiger charge is -2.39. The monoisotopic (exact) mass is 479 g/mol. The van der Waals surface area contributed by atoms with E-state index in [0.717, 1.165) is 44.5 Å². The SMILES string of the molecule is CCCCCc1ccc(C(=O)N(Cc2ccc([N+](=O)[O-])cc2)C2CCN(CCC(C)C)CC2)cc1. The van der Waals surface area contributed by atoms with Gasteiger partial charge in [0.2, 0.25) is 0 Å². The third-order valence-corrected chi connectivity index (χ3v) is 7.05. The molecule has 0 aliphatic carbocycles. The lowest BCUT2D eigenvalue weighted by molar-refractivity contribution is -0.384. The van der Waals surface area contributed by atoms with E-state index in [1.165, 1.54) is 43.4 Å². The number of hydrogen-bond donors (Lipinski definition) is 0. The van der Waals surface area contributed by atoms with Crippen LogP contribution in [-0.4, -0.2) is 46.3 Å². The van der Waals surface area contributed by atoms with Gasteiger partial charge in [-0.1, -0.05) is 57.9 Å². The maximum atomic E-state index is 13.7. The fourth-order valence-corrected chi connectivity index (χ4v) is 4.74. The first-order valence-corrected chi connectivity index (χ1v) is 13.2. The Bertz CT molecular complexity index is 933. The lowest BCUT2D eigenvalue weighted by atomic mass is 9.99. The highest BCUT2D eigenvalue weighted by Crippen LogP contribution is 2.24. The molecule has 35 heavy (non-hydrogen) atoms. The number of aryl methyl sites for hydroxylation is 1. The average molecular weight is 480 g/mol. The van der Waals surface area contributed by atoms with Gasteiger partial charge in [0, 0.05) is 43.4 Å². The molecule has 0 N–H and O–H groups in total. The van der Waals surface area contributed by atoms with Gasteiger partial charge in [0.25, 0.3) is 11.6 Å². The zero-order chi connectivity index (χ0) is 25.2. The van der Waals surface area contributed by atoms with Crippen molar-refractivity contribution in [1.29, 1.82) is 0 Å². The quantitative estimate of drug-likeness (QED) is 0.198. The standard InChI is InChI=1S/C29H41N3O3/c1-4-5-6-7-24-8-12-26(13-9-24)29(33)31(22-25-10-14-28(15-11-25)32(34)35)27-17-20-30(21-18-27)19-16-23(2)3/h8-15,23,27H,4-7,16-22H2,1-3H3. The summed E-state index contributed by atoms with van der Waals surface area (Å²) in [5, 5.41) is 11.0. The highest BCUT2D eigenvalue weighted by atomic mass is 16.6. The molecule has 6 heteroatoms. The molecule has 1 amide bonds. The van der Waals surface area contributed by atoms with Crippen LogP contribution in [0.3, 0.4) is 0 Å². The Hall–Kier alpha value is -2.73. The summed E-state index contributed by atoms with van der Waals surface area (Å²) in [5.74, 6) is 0.738. The zero-order valence-corrected chi connectivity index (χ0v) is 21.6. The predicted octanol–water partition coefficient (Wildman–Crippen LogP) is 6.48. The molecule has 0 radical (unpaired) electrons. The molecule has 0 bridgehead atoms. The van der Waals surface area contributed by atoms with Gasteiger partial charge in [-0.05, 0) is 67.8 Å². The van der Waals surface area contributed by atoms with Crippen molar-refractivity contribution in [2.24, 2.45) is 5.92 Å². The Morgan fingerprint density at radius 1 is 1.03 bits per heavy atom. The number of amides is 1. The lowest BCUT2D eigenvalue weighted by Crippen LogP contribution is -2.47. The molecular weight excluding hydrogens is 438 g/mol. The van der Waals surface area contributed by atoms with E-state index in [1.807, 2.05) is 17.0 Å². The Morgan fingerprint density at radius 3 is 2.23 bits per heavy atom. The second-order valence-corrected chi connectivity index (χ2v) is 10.3. The molecule has 0 unspecified atom stereocenters. The first-order valence-electron chi connectivity index (χ1n) is 13.2. The smallest absolute Gasteiger partial charge is 0.269 e. The van der Waals surface area contributed by atoms with Crippen molar-refractivity contribution in [2.75, 3.05) is 19.6 Å². The number of nitro groups is 1. The minimum atomic E-state index is -0.387. The van der Waals surface area contributed by atoms with E-state index >= 15 is 0 Å². The highest BCUT2D eigenvalue weighted by Gasteiger charge is 2.29. The average Bonchev–Trinajstić information content (AvgIpc) is 2.87. The van der Waals surface area contributed by atoms with Gasteiger partial charge in [0.1, 0.15) is 0 Å². The third-order valence-electron chi connectivity index (χ3n) is 7.05. The molecule has 3 rings (SSSR count). The van der Waals surface area contributed by atoms with Gasteiger partial charge in [0.05, 0.1) is 4.92 Å². The van der Waals surface area contributed by atoms with Gasteiger partial charge in [-0.3, -0.25) is 14.9 Å². The first kappa shape index (κ1) is 26.9. The normalized spacial score (nSPS) is 14.9. The van der Waals surface area contributed by atoms with Crippen LogP contribution in [-0.2, 0) is 13.0 Å². The number of benzene rings is 2. The summed E-state index contributed by atoms with van der Waals surface area (Å²) in [6.45, 7) is 10.3. The van der Waals surface area contributed by atoms with Gasteiger partial charge in [-0.15, -0.1) is 0 Å². The molecule has 0 saturated carbocycles. The van der Waals surface area contributed by atoms with E-state index in [2.05, 4.69) is 37.8 Å². The van der Waals surface area contributed by atoms with Crippen molar-refractivity contribution in [3.05, 3.63) is 75.3 Å². The summed E-state index contributed by atoms with van der Waals surface area (Å²) >= 11 is 0. The Balaban J connectivity index is 1.73. The van der Waals surface area contributed by atoms with Crippen LogP contribution in [0.2, 0.25) is 0 Å². The Morgan fingerprint density at radius 2 is 1.66 bits per heavy atom. The largest absolute Gasteiger partial charge is 0.331 e. The summed E-state index contributed by atoms with van der Waals surface area (Å²) in [6, 6.07) is 14.9. The van der Waals surface area contributed by atoms with Gasteiger partial charge in [0.15, 0.2) is 0 Å². The second kappa shape index (κ2) is 13.4. The number of carbonyl (C=O) groups excluding carboxylic acids is 1. The molecule has 2 aromatic carbocycles. The summed E-state index contributed by atoms with van der Waals surface area (Å²) in [5.41, 5.74) is 2.98. The van der Waals surface area contributed by atoms with Crippen molar-refractivity contribution < 1.29 is 9.72 Å². The predicted molar refractivity (Wildman–Crippen MR) is 142 cm³/mol. The molecule has 0 atom stereocenters. The topological polar surface area (TPSA) is 66.7 Å². The minimum absolute atomic E-state index is 0.0455. The molecule has 1 heterocycles. The van der Waals surface area contributed by atoms with Crippen molar-refractivity contribution in [1.82, 2.24) is 9.80 Å². The molecule has 1 aliphatic heterocycles. The number of nitro benzene ring substituents is 1. The Kier molecular flexibility index (Phi) is 10.3. The van der Waals surface area contributed by atoms with E-state index in [1.54, 1.807) is 12.1 Å². The number of carbonyl (C=O) groups is 1. The summed E-state index contributed by atoms with van der Waals surface area (Å²) in [7, 11) is 0. The molecule has 6 nitrogen and oxygen atoms in total. The maximum Gasteiger partial charge on any atom is 0.269 e. The molecule has 0 spiro atoms. The molecule has 2 aromatic rings. The molecule has 0 aromatic heterocycles. The highest BCUT2D eigenvalue weighted by molar-refractivity contribution is 5.94. The summed E-state index contributed by atoms with van der Waals surface area (Å²) < 4.78 is 0. The van der Waals surface area contributed by atoms with Crippen LogP contribution in [0.1, 0.15) is 80.8 Å². The van der Waals surface area contributed by atoms with Crippen LogP contribution in [0.4, 0.5) is 5.69 Å². The van der Waals surface area contributed by atoms with E-state index in [9.17, 15) is 14.9 Å². The van der Waals surface area contributed by atoms with Crippen molar-refractivity contribution in [3.8, 4) is 0 Å². The Labute approximate surface area is 210 Å². The fourth-order valence-electron chi connectivity index (χ4n) is 4.74. The number of likely N-dealkylation sites (tertiary alicyclic amines) is 1. The molecule has 1 fully saturated rings. The van der Waals surface area contributed by atoms with Gasteiger partial charge in [-0.2, -0.15) is 0 Å². The van der Waals surface area contributed by atoms with E-state index in [-0.39, 0.29) is 22.6 Å². The first-order chi connectivity index (χ1) is 16.9. The van der Waals surface area contributed by atoms with Crippen LogP contribution >= 0.6 is 0 Å². The van der Waals surface area contributed by atoms with Crippen molar-refractivity contribution in [2.45, 2.75) is 78.3 Å². The molecule has 1 saturated heterocycles. The summed E-state index contributed by atoms with van der Waals surface area (Å²) in [6.07, 6.45) is 7.73.